The lowest BCUT2D eigenvalue weighted by molar-refractivity contribution is -0.154. The molecule has 1 aromatic carbocycles. The molecule has 0 spiro atoms. The van der Waals surface area contributed by atoms with Crippen LogP contribution < -0.4 is 11.6 Å². The van der Waals surface area contributed by atoms with Gasteiger partial charge in [0.15, 0.2) is 0 Å². The Morgan fingerprint density at radius 3 is 2.44 bits per heavy atom. The second-order valence-corrected chi connectivity index (χ2v) is 4.63. The first-order valence-electron chi connectivity index (χ1n) is 5.99. The zero-order chi connectivity index (χ0) is 13.3. The van der Waals surface area contributed by atoms with Crippen LogP contribution in [0.4, 0.5) is 5.69 Å². The highest BCUT2D eigenvalue weighted by Crippen LogP contribution is 2.37. The minimum atomic E-state index is -0.698. The van der Waals surface area contributed by atoms with E-state index in [-0.39, 0.29) is 11.8 Å². The fourth-order valence-electron chi connectivity index (χ4n) is 2.49. The van der Waals surface area contributed by atoms with Gasteiger partial charge in [0.05, 0.1) is 5.41 Å². The Kier molecular flexibility index (Phi) is 3.09. The number of carbonyl (C=O) groups excluding carboxylic acids is 2. The molecular weight excluding hydrogens is 230 g/mol. The third-order valence-corrected chi connectivity index (χ3v) is 3.73. The van der Waals surface area contributed by atoms with Gasteiger partial charge in [-0.3, -0.25) is 9.59 Å². The number of hydrogen-bond acceptors (Lipinski definition) is 4. The monoisotopic (exact) mass is 247 g/mol. The number of nitrogens with two attached hydrogens (primary N) is 2. The van der Waals surface area contributed by atoms with E-state index in [0.717, 1.165) is 10.6 Å². The number of amides is 2. The van der Waals surface area contributed by atoms with E-state index in [2.05, 4.69) is 0 Å². The molecule has 4 N–H and O–H groups in total. The molecule has 1 aliphatic rings. The van der Waals surface area contributed by atoms with Gasteiger partial charge < -0.3 is 5.73 Å². The highest BCUT2D eigenvalue weighted by atomic mass is 16.2. The largest absolute Gasteiger partial charge is 0.399 e. The van der Waals surface area contributed by atoms with E-state index in [4.69, 9.17) is 11.6 Å². The summed E-state index contributed by atoms with van der Waals surface area (Å²) < 4.78 is 0. The lowest BCUT2D eigenvalue weighted by Crippen LogP contribution is -2.56. The van der Waals surface area contributed by atoms with E-state index in [1.807, 2.05) is 19.1 Å². The number of piperidine rings is 1. The quantitative estimate of drug-likeness (QED) is 0.352. The maximum Gasteiger partial charge on any atom is 0.254 e. The SMILES string of the molecule is CC[C@]1(c2ccc(N)cc2)CCC(=O)N(N)C1=O. The molecule has 0 radical (unpaired) electrons. The Hall–Kier alpha value is -1.88. The summed E-state index contributed by atoms with van der Waals surface area (Å²) in [6.07, 6.45) is 1.40. The van der Waals surface area contributed by atoms with Crippen LogP contribution in [0.1, 0.15) is 31.7 Å². The van der Waals surface area contributed by atoms with Crippen molar-refractivity contribution in [3.8, 4) is 0 Å². The van der Waals surface area contributed by atoms with E-state index in [1.165, 1.54) is 0 Å². The molecular formula is C13H17N3O2. The highest BCUT2D eigenvalue weighted by molar-refractivity contribution is 6.02. The first-order valence-corrected chi connectivity index (χ1v) is 5.99. The van der Waals surface area contributed by atoms with Gasteiger partial charge in [0, 0.05) is 12.1 Å². The average molecular weight is 247 g/mol. The average Bonchev–Trinajstić information content (AvgIpc) is 2.38. The second kappa shape index (κ2) is 4.42. The van der Waals surface area contributed by atoms with Crippen LogP contribution in [-0.4, -0.2) is 16.8 Å². The number of rotatable bonds is 2. The van der Waals surface area contributed by atoms with Crippen molar-refractivity contribution in [1.29, 1.82) is 0 Å². The molecule has 1 heterocycles. The van der Waals surface area contributed by atoms with Gasteiger partial charge in [0.1, 0.15) is 0 Å². The van der Waals surface area contributed by atoms with E-state index in [9.17, 15) is 9.59 Å². The Morgan fingerprint density at radius 2 is 1.89 bits per heavy atom. The van der Waals surface area contributed by atoms with Crippen molar-refractivity contribution in [3.05, 3.63) is 29.8 Å². The Labute approximate surface area is 106 Å². The summed E-state index contributed by atoms with van der Waals surface area (Å²) in [5.41, 5.74) is 6.47. The summed E-state index contributed by atoms with van der Waals surface area (Å²) in [7, 11) is 0. The molecule has 0 unspecified atom stereocenters. The van der Waals surface area contributed by atoms with Gasteiger partial charge in [-0.25, -0.2) is 10.9 Å². The molecule has 1 aromatic rings. The first kappa shape index (κ1) is 12.6. The molecule has 1 saturated heterocycles. The molecule has 0 saturated carbocycles. The lowest BCUT2D eigenvalue weighted by atomic mass is 9.71. The number of hydrogen-bond donors (Lipinski definition) is 2. The predicted molar refractivity (Wildman–Crippen MR) is 68.1 cm³/mol. The van der Waals surface area contributed by atoms with Crippen molar-refractivity contribution in [2.45, 2.75) is 31.6 Å². The van der Waals surface area contributed by atoms with Crippen molar-refractivity contribution < 1.29 is 9.59 Å². The number of nitrogen functional groups attached to an aromatic ring is 1. The molecule has 5 heteroatoms. The van der Waals surface area contributed by atoms with E-state index in [1.54, 1.807) is 12.1 Å². The minimum Gasteiger partial charge on any atom is -0.399 e. The predicted octanol–water partition coefficient (Wildman–Crippen LogP) is 0.939. The Bertz CT molecular complexity index is 484. The van der Waals surface area contributed by atoms with Crippen molar-refractivity contribution in [3.63, 3.8) is 0 Å². The van der Waals surface area contributed by atoms with Crippen LogP contribution in [0.25, 0.3) is 0 Å². The number of anilines is 1. The molecule has 96 valence electrons. The van der Waals surface area contributed by atoms with Crippen molar-refractivity contribution >= 4 is 17.5 Å². The summed E-state index contributed by atoms with van der Waals surface area (Å²) in [5, 5.41) is 0.753. The summed E-state index contributed by atoms with van der Waals surface area (Å²) >= 11 is 0. The molecule has 0 bridgehead atoms. The van der Waals surface area contributed by atoms with Gasteiger partial charge in [0.2, 0.25) is 5.91 Å². The number of hydrazine groups is 1. The molecule has 1 fully saturated rings. The topological polar surface area (TPSA) is 89.4 Å². The number of benzene rings is 1. The third-order valence-electron chi connectivity index (χ3n) is 3.73. The standard InChI is InChI=1S/C13H17N3O2/c1-2-13(9-3-5-10(14)6-4-9)8-7-11(17)16(15)12(13)18/h3-6H,2,7-8,14-15H2,1H3/t13-/m1/s1. The fraction of sp³-hybridized carbons (Fsp3) is 0.385. The number of imide groups is 1. The van der Waals surface area contributed by atoms with Gasteiger partial charge in [-0.05, 0) is 30.5 Å². The van der Waals surface area contributed by atoms with Crippen LogP contribution in [0, 0.1) is 0 Å². The molecule has 0 aliphatic carbocycles. The van der Waals surface area contributed by atoms with Crippen molar-refractivity contribution in [1.82, 2.24) is 5.01 Å². The number of nitrogens with zero attached hydrogens (tertiary/aromatic N) is 1. The van der Waals surface area contributed by atoms with Crippen LogP contribution in [0.5, 0.6) is 0 Å². The lowest BCUT2D eigenvalue weighted by Gasteiger charge is -2.38. The smallest absolute Gasteiger partial charge is 0.254 e. The van der Waals surface area contributed by atoms with E-state index >= 15 is 0 Å². The van der Waals surface area contributed by atoms with Crippen molar-refractivity contribution in [2.75, 3.05) is 5.73 Å². The normalized spacial score (nSPS) is 24.4. The zero-order valence-corrected chi connectivity index (χ0v) is 10.3. The third kappa shape index (κ3) is 1.76. The molecule has 18 heavy (non-hydrogen) atoms. The van der Waals surface area contributed by atoms with Crippen LogP contribution >= 0.6 is 0 Å². The van der Waals surface area contributed by atoms with E-state index < -0.39 is 5.41 Å². The molecule has 0 aromatic heterocycles. The summed E-state index contributed by atoms with van der Waals surface area (Å²) in [4.78, 5) is 23.8. The van der Waals surface area contributed by atoms with Gasteiger partial charge in [0.25, 0.3) is 5.91 Å². The Morgan fingerprint density at radius 1 is 1.28 bits per heavy atom. The number of carbonyl (C=O) groups is 2. The van der Waals surface area contributed by atoms with Crippen LogP contribution in [-0.2, 0) is 15.0 Å². The van der Waals surface area contributed by atoms with Gasteiger partial charge in [-0.1, -0.05) is 19.1 Å². The van der Waals surface area contributed by atoms with Gasteiger partial charge in [-0.2, -0.15) is 0 Å². The van der Waals surface area contributed by atoms with Gasteiger partial charge >= 0.3 is 0 Å². The van der Waals surface area contributed by atoms with Gasteiger partial charge in [-0.15, -0.1) is 0 Å². The summed E-state index contributed by atoms with van der Waals surface area (Å²) in [5.74, 6) is 4.90. The molecule has 1 atom stereocenters. The first-order chi connectivity index (χ1) is 8.51. The fourth-order valence-corrected chi connectivity index (χ4v) is 2.49. The molecule has 5 nitrogen and oxygen atoms in total. The molecule has 2 rings (SSSR count). The second-order valence-electron chi connectivity index (χ2n) is 4.63. The maximum atomic E-state index is 12.3. The van der Waals surface area contributed by atoms with Crippen LogP contribution in [0.2, 0.25) is 0 Å². The Balaban J connectivity index is 2.45. The zero-order valence-electron chi connectivity index (χ0n) is 10.3. The summed E-state index contributed by atoms with van der Waals surface area (Å²) in [6.45, 7) is 1.93. The molecule has 1 aliphatic heterocycles. The highest BCUT2D eigenvalue weighted by Gasteiger charge is 2.46. The van der Waals surface area contributed by atoms with Crippen LogP contribution in [0.3, 0.4) is 0 Å². The maximum absolute atomic E-state index is 12.3. The molecule has 2 amide bonds. The van der Waals surface area contributed by atoms with Crippen LogP contribution in [0.15, 0.2) is 24.3 Å². The van der Waals surface area contributed by atoms with E-state index in [0.29, 0.717) is 24.9 Å². The van der Waals surface area contributed by atoms with Crippen molar-refractivity contribution in [2.24, 2.45) is 5.84 Å². The minimum absolute atomic E-state index is 0.292. The summed E-state index contributed by atoms with van der Waals surface area (Å²) in [6, 6.07) is 7.19.